The summed E-state index contributed by atoms with van der Waals surface area (Å²) >= 11 is 5.93. The first-order chi connectivity index (χ1) is 14.5. The van der Waals surface area contributed by atoms with Gasteiger partial charge < -0.3 is 18.8 Å². The van der Waals surface area contributed by atoms with Gasteiger partial charge in [0.25, 0.3) is 5.91 Å². The van der Waals surface area contributed by atoms with E-state index in [1.165, 1.54) is 0 Å². The van der Waals surface area contributed by atoms with E-state index in [4.69, 9.17) is 16.0 Å². The molecule has 0 radical (unpaired) electrons. The first kappa shape index (κ1) is 21.7. The fourth-order valence-corrected chi connectivity index (χ4v) is 3.37. The van der Waals surface area contributed by atoms with E-state index >= 15 is 0 Å². The molecule has 0 N–H and O–H groups in total. The topological polar surface area (TPSA) is 58.7 Å². The highest BCUT2D eigenvalue weighted by Crippen LogP contribution is 2.15. The lowest BCUT2D eigenvalue weighted by atomic mass is 10.2. The van der Waals surface area contributed by atoms with E-state index in [2.05, 4.69) is 0 Å². The second-order valence-corrected chi connectivity index (χ2v) is 7.61. The maximum Gasteiger partial charge on any atom is 0.254 e. The summed E-state index contributed by atoms with van der Waals surface area (Å²) in [4.78, 5) is 29.5. The van der Waals surface area contributed by atoms with Crippen LogP contribution >= 0.6 is 11.6 Å². The van der Waals surface area contributed by atoms with Gasteiger partial charge in [-0.2, -0.15) is 0 Å². The zero-order valence-corrected chi connectivity index (χ0v) is 18.0. The molecule has 2 aromatic heterocycles. The number of amides is 2. The minimum atomic E-state index is -0.182. The molecule has 30 heavy (non-hydrogen) atoms. The minimum Gasteiger partial charge on any atom is -0.467 e. The number of benzene rings is 1. The molecule has 7 heteroatoms. The van der Waals surface area contributed by atoms with E-state index in [1.807, 2.05) is 42.9 Å². The SMILES string of the molecule is CCCN(CC(=O)N(Cc1ccco1)Cc1cccn1C)C(=O)c1ccc(Cl)cc1. The number of aromatic nitrogens is 1. The minimum absolute atomic E-state index is 0.000428. The molecule has 158 valence electrons. The number of aryl methyl sites for hydroxylation is 1. The predicted molar refractivity (Wildman–Crippen MR) is 116 cm³/mol. The van der Waals surface area contributed by atoms with Crippen molar-refractivity contribution in [1.29, 1.82) is 0 Å². The normalized spacial score (nSPS) is 10.8. The number of carbonyl (C=O) groups is 2. The fraction of sp³-hybridized carbons (Fsp3) is 0.304. The van der Waals surface area contributed by atoms with Crippen LogP contribution in [0.15, 0.2) is 65.4 Å². The smallest absolute Gasteiger partial charge is 0.254 e. The molecule has 3 aromatic rings. The van der Waals surface area contributed by atoms with Gasteiger partial charge in [0.05, 0.1) is 19.4 Å². The van der Waals surface area contributed by atoms with Crippen LogP contribution in [0.25, 0.3) is 0 Å². The highest BCUT2D eigenvalue weighted by molar-refractivity contribution is 6.30. The standard InChI is InChI=1S/C23H26ClN3O3/c1-3-12-26(23(29)18-8-10-19(24)11-9-18)17-22(28)27(16-21-7-5-14-30-21)15-20-6-4-13-25(20)2/h4-11,13-14H,3,12,15-17H2,1-2H3. The third-order valence-electron chi connectivity index (χ3n) is 4.88. The molecule has 0 saturated carbocycles. The van der Waals surface area contributed by atoms with Crippen LogP contribution in [-0.4, -0.2) is 39.3 Å². The van der Waals surface area contributed by atoms with Crippen molar-refractivity contribution in [1.82, 2.24) is 14.4 Å². The summed E-state index contributed by atoms with van der Waals surface area (Å²) in [6, 6.07) is 14.3. The van der Waals surface area contributed by atoms with Gasteiger partial charge in [-0.1, -0.05) is 18.5 Å². The Kier molecular flexibility index (Phi) is 7.36. The summed E-state index contributed by atoms with van der Waals surface area (Å²) in [5, 5.41) is 0.567. The lowest BCUT2D eigenvalue weighted by Crippen LogP contribution is -2.43. The van der Waals surface area contributed by atoms with Crippen LogP contribution in [0.2, 0.25) is 5.02 Å². The third-order valence-corrected chi connectivity index (χ3v) is 5.13. The zero-order valence-electron chi connectivity index (χ0n) is 17.3. The molecule has 2 heterocycles. The summed E-state index contributed by atoms with van der Waals surface area (Å²) in [5.41, 5.74) is 1.52. The summed E-state index contributed by atoms with van der Waals surface area (Å²) in [5.74, 6) is 0.380. The summed E-state index contributed by atoms with van der Waals surface area (Å²) in [6.45, 7) is 3.24. The molecule has 0 atom stereocenters. The Bertz CT molecular complexity index is 964. The van der Waals surface area contributed by atoms with Crippen molar-refractivity contribution in [2.45, 2.75) is 26.4 Å². The number of halogens is 1. The number of nitrogens with zero attached hydrogens (tertiary/aromatic N) is 3. The van der Waals surface area contributed by atoms with Crippen molar-refractivity contribution in [3.63, 3.8) is 0 Å². The molecule has 0 aliphatic rings. The Morgan fingerprint density at radius 2 is 1.80 bits per heavy atom. The lowest BCUT2D eigenvalue weighted by molar-refractivity contribution is -0.133. The van der Waals surface area contributed by atoms with Crippen molar-refractivity contribution in [2.75, 3.05) is 13.1 Å². The second kappa shape index (κ2) is 10.2. The number of rotatable bonds is 9. The molecule has 0 bridgehead atoms. The predicted octanol–water partition coefficient (Wildman–Crippen LogP) is 4.35. The van der Waals surface area contributed by atoms with Gasteiger partial charge in [-0.05, 0) is 55.0 Å². The molecule has 6 nitrogen and oxygen atoms in total. The van der Waals surface area contributed by atoms with E-state index < -0.39 is 0 Å². The molecular formula is C23H26ClN3O3. The maximum atomic E-state index is 13.2. The highest BCUT2D eigenvalue weighted by atomic mass is 35.5. The van der Waals surface area contributed by atoms with Gasteiger partial charge in [0, 0.05) is 36.1 Å². The summed E-state index contributed by atoms with van der Waals surface area (Å²) in [7, 11) is 1.94. The molecule has 0 aliphatic carbocycles. The van der Waals surface area contributed by atoms with Gasteiger partial charge in [0.2, 0.25) is 5.91 Å². The number of hydrogen-bond acceptors (Lipinski definition) is 3. The van der Waals surface area contributed by atoms with Crippen LogP contribution < -0.4 is 0 Å². The van der Waals surface area contributed by atoms with Gasteiger partial charge >= 0.3 is 0 Å². The van der Waals surface area contributed by atoms with Crippen LogP contribution in [0.4, 0.5) is 0 Å². The quantitative estimate of drug-likeness (QED) is 0.510. The van der Waals surface area contributed by atoms with Crippen LogP contribution in [0.3, 0.4) is 0 Å². The van der Waals surface area contributed by atoms with Crippen molar-refractivity contribution < 1.29 is 14.0 Å². The average molecular weight is 428 g/mol. The van der Waals surface area contributed by atoms with Gasteiger partial charge in [-0.25, -0.2) is 0 Å². The Morgan fingerprint density at radius 3 is 2.40 bits per heavy atom. The molecule has 3 rings (SSSR count). The number of furan rings is 1. The highest BCUT2D eigenvalue weighted by Gasteiger charge is 2.23. The molecule has 2 amide bonds. The van der Waals surface area contributed by atoms with Crippen LogP contribution in [0.5, 0.6) is 0 Å². The molecule has 0 saturated heterocycles. The first-order valence-corrected chi connectivity index (χ1v) is 10.3. The molecule has 0 spiro atoms. The summed E-state index contributed by atoms with van der Waals surface area (Å²) in [6.07, 6.45) is 4.29. The first-order valence-electron chi connectivity index (χ1n) is 9.93. The monoisotopic (exact) mass is 427 g/mol. The van der Waals surface area contributed by atoms with E-state index in [-0.39, 0.29) is 18.4 Å². The molecule has 0 fully saturated rings. The Hall–Kier alpha value is -2.99. The Morgan fingerprint density at radius 1 is 1.03 bits per heavy atom. The third kappa shape index (κ3) is 5.54. The second-order valence-electron chi connectivity index (χ2n) is 7.17. The van der Waals surface area contributed by atoms with Gasteiger partial charge in [-0.3, -0.25) is 9.59 Å². The lowest BCUT2D eigenvalue weighted by Gasteiger charge is -2.27. The van der Waals surface area contributed by atoms with E-state index in [0.29, 0.717) is 36.0 Å². The molecular weight excluding hydrogens is 402 g/mol. The molecule has 1 aromatic carbocycles. The zero-order chi connectivity index (χ0) is 21.5. The van der Waals surface area contributed by atoms with Crippen molar-refractivity contribution in [3.8, 4) is 0 Å². The number of hydrogen-bond donors (Lipinski definition) is 0. The van der Waals surface area contributed by atoms with Crippen molar-refractivity contribution in [2.24, 2.45) is 7.05 Å². The van der Waals surface area contributed by atoms with Crippen molar-refractivity contribution in [3.05, 3.63) is 83.0 Å². The molecule has 0 unspecified atom stereocenters. The van der Waals surface area contributed by atoms with Crippen molar-refractivity contribution >= 4 is 23.4 Å². The van der Waals surface area contributed by atoms with Gasteiger partial charge in [0.15, 0.2) is 0 Å². The van der Waals surface area contributed by atoms with Crippen LogP contribution in [0, 0.1) is 0 Å². The van der Waals surface area contributed by atoms with E-state index in [1.54, 1.807) is 46.4 Å². The Labute approximate surface area is 181 Å². The van der Waals surface area contributed by atoms with Crippen LogP contribution in [0.1, 0.15) is 35.2 Å². The van der Waals surface area contributed by atoms with Gasteiger partial charge in [0.1, 0.15) is 12.3 Å². The van der Waals surface area contributed by atoms with Crippen LogP contribution in [-0.2, 0) is 24.9 Å². The molecule has 0 aliphatic heterocycles. The fourth-order valence-electron chi connectivity index (χ4n) is 3.24. The largest absolute Gasteiger partial charge is 0.467 e. The van der Waals surface area contributed by atoms with Gasteiger partial charge in [-0.15, -0.1) is 0 Å². The maximum absolute atomic E-state index is 13.2. The summed E-state index contributed by atoms with van der Waals surface area (Å²) < 4.78 is 7.43. The Balaban J connectivity index is 1.77. The average Bonchev–Trinajstić information content (AvgIpc) is 3.39. The number of carbonyl (C=O) groups excluding carboxylic acids is 2. The van der Waals surface area contributed by atoms with E-state index in [9.17, 15) is 9.59 Å². The van der Waals surface area contributed by atoms with E-state index in [0.717, 1.165) is 12.1 Å².